The maximum atomic E-state index is 13.3. The van der Waals surface area contributed by atoms with Crippen LogP contribution in [0.3, 0.4) is 0 Å². The predicted octanol–water partition coefficient (Wildman–Crippen LogP) is 6.37. The molecule has 0 aliphatic carbocycles. The van der Waals surface area contributed by atoms with Crippen LogP contribution in [-0.4, -0.2) is 40.3 Å². The van der Waals surface area contributed by atoms with Crippen molar-refractivity contribution in [3.63, 3.8) is 0 Å². The minimum absolute atomic E-state index is 0.0843. The number of nitrogens with zero attached hydrogens (tertiary/aromatic N) is 1. The number of carbonyl (C=O) groups is 2. The molecule has 0 radical (unpaired) electrons. The highest BCUT2D eigenvalue weighted by atomic mass is 79.9. The average molecular weight is 610 g/mol. The predicted molar refractivity (Wildman–Crippen MR) is 146 cm³/mol. The number of fused-ring (bicyclic) bond motifs is 1. The SMILES string of the molecule is COc1ccc2[nH]cc(CCN3C(=O)C(=O)/C(=C(\O)c4ccc(Br)cc4)C3c3cccc(Br)c3)c2c1. The van der Waals surface area contributed by atoms with Crippen LogP contribution in [0.2, 0.25) is 0 Å². The Morgan fingerprint density at radius 1 is 1.03 bits per heavy atom. The number of hydrogen-bond donors (Lipinski definition) is 2. The molecule has 2 heterocycles. The number of aliphatic hydroxyl groups excluding tert-OH is 1. The van der Waals surface area contributed by atoms with Crippen LogP contribution in [0.25, 0.3) is 16.7 Å². The molecule has 1 aliphatic heterocycles. The van der Waals surface area contributed by atoms with Gasteiger partial charge in [-0.1, -0.05) is 56.1 Å². The fraction of sp³-hybridized carbons (Fsp3) is 0.143. The Kier molecular flexibility index (Phi) is 6.73. The summed E-state index contributed by atoms with van der Waals surface area (Å²) in [6.45, 7) is 0.295. The zero-order valence-electron chi connectivity index (χ0n) is 19.3. The van der Waals surface area contributed by atoms with Gasteiger partial charge in [0.15, 0.2) is 0 Å². The van der Waals surface area contributed by atoms with E-state index in [9.17, 15) is 14.7 Å². The van der Waals surface area contributed by atoms with E-state index in [0.717, 1.165) is 36.7 Å². The Morgan fingerprint density at radius 2 is 1.81 bits per heavy atom. The van der Waals surface area contributed by atoms with E-state index in [1.807, 2.05) is 48.7 Å². The van der Waals surface area contributed by atoms with Crippen molar-refractivity contribution < 1.29 is 19.4 Å². The molecular weight excluding hydrogens is 588 g/mol. The van der Waals surface area contributed by atoms with Crippen molar-refractivity contribution in [2.45, 2.75) is 12.5 Å². The van der Waals surface area contributed by atoms with Crippen molar-refractivity contribution in [2.75, 3.05) is 13.7 Å². The van der Waals surface area contributed by atoms with Crippen molar-refractivity contribution >= 4 is 60.2 Å². The van der Waals surface area contributed by atoms with Crippen molar-refractivity contribution in [1.29, 1.82) is 0 Å². The lowest BCUT2D eigenvalue weighted by atomic mass is 9.95. The van der Waals surface area contributed by atoms with Gasteiger partial charge in [0.1, 0.15) is 11.5 Å². The third-order valence-corrected chi connectivity index (χ3v) is 7.44. The quantitative estimate of drug-likeness (QED) is 0.151. The Labute approximate surface area is 224 Å². The molecule has 5 rings (SSSR count). The van der Waals surface area contributed by atoms with Crippen molar-refractivity contribution in [1.82, 2.24) is 9.88 Å². The zero-order valence-corrected chi connectivity index (χ0v) is 22.5. The number of halogens is 2. The summed E-state index contributed by atoms with van der Waals surface area (Å²) in [6.07, 6.45) is 2.43. The first-order chi connectivity index (χ1) is 17.4. The lowest BCUT2D eigenvalue weighted by molar-refractivity contribution is -0.139. The first-order valence-electron chi connectivity index (χ1n) is 11.3. The number of hydrogen-bond acceptors (Lipinski definition) is 4. The van der Waals surface area contributed by atoms with E-state index in [-0.39, 0.29) is 11.3 Å². The molecule has 3 aromatic carbocycles. The van der Waals surface area contributed by atoms with Crippen LogP contribution in [0.1, 0.15) is 22.7 Å². The smallest absolute Gasteiger partial charge is 0.295 e. The molecule has 1 atom stereocenters. The summed E-state index contributed by atoms with van der Waals surface area (Å²) in [7, 11) is 1.62. The third-order valence-electron chi connectivity index (χ3n) is 6.42. The van der Waals surface area contributed by atoms with Gasteiger partial charge in [0.25, 0.3) is 11.7 Å². The number of nitrogens with one attached hydrogen (secondary N) is 1. The topological polar surface area (TPSA) is 82.6 Å². The number of aromatic amines is 1. The molecule has 1 aromatic heterocycles. The molecule has 1 fully saturated rings. The maximum absolute atomic E-state index is 13.3. The first kappa shape index (κ1) is 24.3. The Hall–Kier alpha value is -3.36. The highest BCUT2D eigenvalue weighted by molar-refractivity contribution is 9.10. The maximum Gasteiger partial charge on any atom is 0.295 e. The minimum atomic E-state index is -0.717. The van der Waals surface area contributed by atoms with E-state index in [0.29, 0.717) is 18.5 Å². The normalized spacial score (nSPS) is 17.2. The van der Waals surface area contributed by atoms with Gasteiger partial charge >= 0.3 is 0 Å². The lowest BCUT2D eigenvalue weighted by Gasteiger charge is -2.25. The Morgan fingerprint density at radius 3 is 2.53 bits per heavy atom. The molecule has 36 heavy (non-hydrogen) atoms. The van der Waals surface area contributed by atoms with Gasteiger partial charge in [-0.25, -0.2) is 0 Å². The number of aromatic nitrogens is 1. The second kappa shape index (κ2) is 9.95. The van der Waals surface area contributed by atoms with Gasteiger partial charge in [0.05, 0.1) is 18.7 Å². The minimum Gasteiger partial charge on any atom is -0.507 e. The molecule has 8 heteroatoms. The summed E-state index contributed by atoms with van der Waals surface area (Å²) in [5, 5.41) is 12.2. The van der Waals surface area contributed by atoms with E-state index in [1.165, 1.54) is 0 Å². The van der Waals surface area contributed by atoms with Crippen LogP contribution in [0.5, 0.6) is 5.75 Å². The average Bonchev–Trinajstić information content (AvgIpc) is 3.40. The molecule has 2 N–H and O–H groups in total. The van der Waals surface area contributed by atoms with Gasteiger partial charge in [-0.15, -0.1) is 0 Å². The second-order valence-electron chi connectivity index (χ2n) is 8.53. The van der Waals surface area contributed by atoms with E-state index in [4.69, 9.17) is 4.74 Å². The number of aliphatic hydroxyl groups is 1. The summed E-state index contributed by atoms with van der Waals surface area (Å²) in [5.41, 5.74) is 3.27. The van der Waals surface area contributed by atoms with Gasteiger partial charge < -0.3 is 19.7 Å². The number of methoxy groups -OCH3 is 1. The fourth-order valence-electron chi connectivity index (χ4n) is 4.63. The standard InChI is InChI=1S/C28H22Br2N2O4/c1-36-21-9-10-23-22(14-21)18(15-31-23)11-12-32-25(17-3-2-4-20(30)13-17)24(27(34)28(32)35)26(33)16-5-7-19(29)8-6-16/h2-10,13-15,25,31,33H,11-12H2,1H3/b26-24-. The van der Waals surface area contributed by atoms with Gasteiger partial charge in [-0.2, -0.15) is 0 Å². The molecule has 1 saturated heterocycles. The van der Waals surface area contributed by atoms with Gasteiger partial charge in [-0.05, 0) is 60.0 Å². The molecule has 6 nitrogen and oxygen atoms in total. The van der Waals surface area contributed by atoms with Crippen LogP contribution in [0.15, 0.2) is 87.4 Å². The molecule has 0 saturated carbocycles. The number of amides is 1. The monoisotopic (exact) mass is 608 g/mol. The van der Waals surface area contributed by atoms with E-state index >= 15 is 0 Å². The Balaban J connectivity index is 1.56. The molecule has 0 bridgehead atoms. The van der Waals surface area contributed by atoms with Crippen molar-refractivity contribution in [3.05, 3.63) is 104 Å². The molecule has 182 valence electrons. The van der Waals surface area contributed by atoms with Crippen molar-refractivity contribution in [2.24, 2.45) is 0 Å². The number of ether oxygens (including phenoxy) is 1. The Bertz CT molecular complexity index is 1510. The van der Waals surface area contributed by atoms with Gasteiger partial charge in [0, 0.05) is 38.2 Å². The highest BCUT2D eigenvalue weighted by Gasteiger charge is 2.45. The summed E-state index contributed by atoms with van der Waals surface area (Å²) in [6, 6.07) is 19.5. The molecular formula is C28H22Br2N2O4. The largest absolute Gasteiger partial charge is 0.507 e. The number of Topliss-reactive ketones (excluding diaryl/α,β-unsaturated/α-hetero) is 1. The van der Waals surface area contributed by atoms with Crippen LogP contribution < -0.4 is 4.74 Å². The summed E-state index contributed by atoms with van der Waals surface area (Å²) >= 11 is 6.88. The first-order valence-corrected chi connectivity index (χ1v) is 12.9. The molecule has 4 aromatic rings. The van der Waals surface area contributed by atoms with E-state index in [1.54, 1.807) is 36.3 Å². The van der Waals surface area contributed by atoms with Crippen LogP contribution >= 0.6 is 31.9 Å². The van der Waals surface area contributed by atoms with E-state index < -0.39 is 17.7 Å². The summed E-state index contributed by atoms with van der Waals surface area (Å²) in [4.78, 5) is 31.4. The van der Waals surface area contributed by atoms with Gasteiger partial charge in [0.2, 0.25) is 0 Å². The van der Waals surface area contributed by atoms with Crippen LogP contribution in [0.4, 0.5) is 0 Å². The van der Waals surface area contributed by atoms with Crippen LogP contribution in [0, 0.1) is 0 Å². The van der Waals surface area contributed by atoms with E-state index in [2.05, 4.69) is 36.8 Å². The van der Waals surface area contributed by atoms with Crippen LogP contribution in [-0.2, 0) is 16.0 Å². The van der Waals surface area contributed by atoms with Gasteiger partial charge in [-0.3, -0.25) is 9.59 Å². The molecule has 1 amide bonds. The zero-order chi connectivity index (χ0) is 25.4. The number of likely N-dealkylation sites (tertiary alicyclic amines) is 1. The van der Waals surface area contributed by atoms with Crippen molar-refractivity contribution in [3.8, 4) is 5.75 Å². The molecule has 1 unspecified atom stereocenters. The number of H-pyrrole nitrogens is 1. The number of rotatable bonds is 6. The number of ketones is 1. The highest BCUT2D eigenvalue weighted by Crippen LogP contribution is 2.40. The number of carbonyl (C=O) groups excluding carboxylic acids is 2. The third kappa shape index (κ3) is 4.47. The summed E-state index contributed by atoms with van der Waals surface area (Å²) < 4.78 is 7.03. The molecule has 1 aliphatic rings. The second-order valence-corrected chi connectivity index (χ2v) is 10.4. The lowest BCUT2D eigenvalue weighted by Crippen LogP contribution is -2.31. The fourth-order valence-corrected chi connectivity index (χ4v) is 5.31. The summed E-state index contributed by atoms with van der Waals surface area (Å²) in [5.74, 6) is -0.769. The molecule has 0 spiro atoms. The number of benzene rings is 3.